The SMILES string of the molecule is COc1ncc(O)c(C(F)F)c1C(N)=O. The lowest BCUT2D eigenvalue weighted by atomic mass is 10.1. The van der Waals surface area contributed by atoms with E-state index < -0.39 is 29.2 Å². The molecule has 1 heterocycles. The van der Waals surface area contributed by atoms with E-state index in [1.807, 2.05) is 0 Å². The fourth-order valence-corrected chi connectivity index (χ4v) is 1.11. The van der Waals surface area contributed by atoms with E-state index in [1.165, 1.54) is 0 Å². The predicted molar refractivity (Wildman–Crippen MR) is 45.9 cm³/mol. The van der Waals surface area contributed by atoms with Crippen molar-refractivity contribution in [3.63, 3.8) is 0 Å². The summed E-state index contributed by atoms with van der Waals surface area (Å²) >= 11 is 0. The van der Waals surface area contributed by atoms with E-state index in [-0.39, 0.29) is 5.88 Å². The van der Waals surface area contributed by atoms with Crippen LogP contribution in [-0.2, 0) is 0 Å². The molecule has 15 heavy (non-hydrogen) atoms. The van der Waals surface area contributed by atoms with E-state index in [0.29, 0.717) is 0 Å². The summed E-state index contributed by atoms with van der Waals surface area (Å²) in [4.78, 5) is 14.4. The van der Waals surface area contributed by atoms with E-state index in [4.69, 9.17) is 10.8 Å². The molecule has 0 unspecified atom stereocenters. The highest BCUT2D eigenvalue weighted by molar-refractivity contribution is 5.97. The molecular weight excluding hydrogens is 210 g/mol. The molecule has 0 aliphatic rings. The molecule has 1 aromatic rings. The molecular formula is C8H8F2N2O3. The number of nitrogens with two attached hydrogens (primary N) is 1. The average Bonchev–Trinajstić information content (AvgIpc) is 2.16. The first-order valence-electron chi connectivity index (χ1n) is 3.82. The van der Waals surface area contributed by atoms with E-state index in [2.05, 4.69) is 9.72 Å². The monoisotopic (exact) mass is 218 g/mol. The molecule has 1 aromatic heterocycles. The number of amides is 1. The van der Waals surface area contributed by atoms with Gasteiger partial charge in [-0.2, -0.15) is 0 Å². The van der Waals surface area contributed by atoms with Gasteiger partial charge in [0.05, 0.1) is 18.9 Å². The van der Waals surface area contributed by atoms with Crippen molar-refractivity contribution in [2.75, 3.05) is 7.11 Å². The Morgan fingerprint density at radius 1 is 1.67 bits per heavy atom. The maximum Gasteiger partial charge on any atom is 0.268 e. The molecule has 0 fully saturated rings. The van der Waals surface area contributed by atoms with Gasteiger partial charge in [-0.25, -0.2) is 13.8 Å². The molecule has 5 nitrogen and oxygen atoms in total. The molecule has 7 heteroatoms. The van der Waals surface area contributed by atoms with Crippen molar-refractivity contribution in [2.45, 2.75) is 6.43 Å². The lowest BCUT2D eigenvalue weighted by Gasteiger charge is -2.10. The van der Waals surface area contributed by atoms with Crippen LogP contribution in [0.15, 0.2) is 6.20 Å². The van der Waals surface area contributed by atoms with Gasteiger partial charge in [0.1, 0.15) is 11.3 Å². The van der Waals surface area contributed by atoms with Crippen molar-refractivity contribution in [1.29, 1.82) is 0 Å². The number of ether oxygens (including phenoxy) is 1. The summed E-state index contributed by atoms with van der Waals surface area (Å²) in [5.41, 5.74) is 3.42. The van der Waals surface area contributed by atoms with Crippen molar-refractivity contribution in [2.24, 2.45) is 5.73 Å². The number of carbonyl (C=O) groups is 1. The van der Waals surface area contributed by atoms with E-state index in [1.54, 1.807) is 0 Å². The van der Waals surface area contributed by atoms with Gasteiger partial charge in [0.15, 0.2) is 0 Å². The third-order valence-corrected chi connectivity index (χ3v) is 1.72. The van der Waals surface area contributed by atoms with Crippen LogP contribution in [0.3, 0.4) is 0 Å². The Labute approximate surface area is 83.5 Å². The molecule has 0 radical (unpaired) electrons. The zero-order chi connectivity index (χ0) is 11.6. The van der Waals surface area contributed by atoms with Crippen LogP contribution in [0, 0.1) is 0 Å². The second-order valence-corrected chi connectivity index (χ2v) is 2.61. The fourth-order valence-electron chi connectivity index (χ4n) is 1.11. The van der Waals surface area contributed by atoms with Crippen LogP contribution in [0.2, 0.25) is 0 Å². The topological polar surface area (TPSA) is 85.4 Å². The molecule has 0 atom stereocenters. The molecule has 0 saturated carbocycles. The number of alkyl halides is 2. The second kappa shape index (κ2) is 4.07. The zero-order valence-corrected chi connectivity index (χ0v) is 7.70. The highest BCUT2D eigenvalue weighted by Crippen LogP contribution is 2.34. The Balaban J connectivity index is 3.51. The number of halogens is 2. The van der Waals surface area contributed by atoms with Crippen LogP contribution < -0.4 is 10.5 Å². The number of primary amides is 1. The Kier molecular flexibility index (Phi) is 3.03. The fraction of sp³-hybridized carbons (Fsp3) is 0.250. The van der Waals surface area contributed by atoms with Gasteiger partial charge in [-0.3, -0.25) is 4.79 Å². The largest absolute Gasteiger partial charge is 0.506 e. The number of aromatic nitrogens is 1. The van der Waals surface area contributed by atoms with Crippen molar-refractivity contribution in [3.8, 4) is 11.6 Å². The molecule has 1 amide bonds. The maximum absolute atomic E-state index is 12.5. The molecule has 0 saturated heterocycles. The number of rotatable bonds is 3. The van der Waals surface area contributed by atoms with Crippen LogP contribution in [0.5, 0.6) is 11.6 Å². The van der Waals surface area contributed by atoms with Crippen molar-refractivity contribution >= 4 is 5.91 Å². The molecule has 0 aliphatic carbocycles. The predicted octanol–water partition coefficient (Wildman–Crippen LogP) is 0.832. The minimum Gasteiger partial charge on any atom is -0.506 e. The summed E-state index contributed by atoms with van der Waals surface area (Å²) in [6, 6.07) is 0. The molecule has 0 bridgehead atoms. The second-order valence-electron chi connectivity index (χ2n) is 2.61. The third kappa shape index (κ3) is 1.95. The smallest absolute Gasteiger partial charge is 0.268 e. The van der Waals surface area contributed by atoms with Gasteiger partial charge in [0.2, 0.25) is 5.88 Å². The number of methoxy groups -OCH3 is 1. The van der Waals surface area contributed by atoms with Gasteiger partial charge >= 0.3 is 0 Å². The quantitative estimate of drug-likeness (QED) is 0.786. The molecule has 82 valence electrons. The maximum atomic E-state index is 12.5. The number of hydrogen-bond acceptors (Lipinski definition) is 4. The number of carbonyl (C=O) groups excluding carboxylic acids is 1. The Morgan fingerprint density at radius 3 is 2.67 bits per heavy atom. The van der Waals surface area contributed by atoms with E-state index >= 15 is 0 Å². The van der Waals surface area contributed by atoms with Gasteiger partial charge in [0, 0.05) is 0 Å². The number of nitrogens with zero attached hydrogens (tertiary/aromatic N) is 1. The lowest BCUT2D eigenvalue weighted by molar-refractivity contribution is 0.0978. The van der Waals surface area contributed by atoms with Crippen LogP contribution in [0.25, 0.3) is 0 Å². The molecule has 0 spiro atoms. The van der Waals surface area contributed by atoms with Crippen LogP contribution in [-0.4, -0.2) is 23.1 Å². The van der Waals surface area contributed by atoms with Crippen LogP contribution in [0.1, 0.15) is 22.3 Å². The molecule has 3 N–H and O–H groups in total. The van der Waals surface area contributed by atoms with Gasteiger partial charge in [0.25, 0.3) is 12.3 Å². The van der Waals surface area contributed by atoms with Crippen molar-refractivity contribution in [1.82, 2.24) is 4.98 Å². The summed E-state index contributed by atoms with van der Waals surface area (Å²) in [7, 11) is 1.15. The number of pyridine rings is 1. The molecule has 1 rings (SSSR count). The molecule has 0 aromatic carbocycles. The van der Waals surface area contributed by atoms with Crippen LogP contribution >= 0.6 is 0 Å². The minimum atomic E-state index is -3.04. The van der Waals surface area contributed by atoms with Gasteiger partial charge < -0.3 is 15.6 Å². The minimum absolute atomic E-state index is 0.337. The normalized spacial score (nSPS) is 10.4. The first kappa shape index (κ1) is 11.2. The summed E-state index contributed by atoms with van der Waals surface area (Å²) in [6.45, 7) is 0. The summed E-state index contributed by atoms with van der Waals surface area (Å²) in [6.07, 6.45) is -2.27. The van der Waals surface area contributed by atoms with E-state index in [9.17, 15) is 13.6 Å². The summed E-state index contributed by atoms with van der Waals surface area (Å²) in [5.74, 6) is -2.26. The standard InChI is InChI=1S/C8H8F2N2O3/c1-15-8-5(7(11)14)4(6(9)10)3(13)2-12-8/h2,6,13H,1H3,(H2,11,14). The van der Waals surface area contributed by atoms with Crippen molar-refractivity contribution < 1.29 is 23.4 Å². The Morgan fingerprint density at radius 2 is 2.27 bits per heavy atom. The third-order valence-electron chi connectivity index (χ3n) is 1.72. The Hall–Kier alpha value is -1.92. The van der Waals surface area contributed by atoms with Gasteiger partial charge in [-0.05, 0) is 0 Å². The number of aromatic hydroxyl groups is 1. The van der Waals surface area contributed by atoms with Crippen LogP contribution in [0.4, 0.5) is 8.78 Å². The van der Waals surface area contributed by atoms with E-state index in [0.717, 1.165) is 13.3 Å². The average molecular weight is 218 g/mol. The number of hydrogen-bond donors (Lipinski definition) is 2. The Bertz CT molecular complexity index is 396. The van der Waals surface area contributed by atoms with Crippen molar-refractivity contribution in [3.05, 3.63) is 17.3 Å². The highest BCUT2D eigenvalue weighted by Gasteiger charge is 2.26. The summed E-state index contributed by atoms with van der Waals surface area (Å²) in [5, 5.41) is 9.12. The van der Waals surface area contributed by atoms with Gasteiger partial charge in [-0.1, -0.05) is 0 Å². The first-order valence-corrected chi connectivity index (χ1v) is 3.82. The van der Waals surface area contributed by atoms with Gasteiger partial charge in [-0.15, -0.1) is 0 Å². The highest BCUT2D eigenvalue weighted by atomic mass is 19.3. The zero-order valence-electron chi connectivity index (χ0n) is 7.70. The molecule has 0 aliphatic heterocycles. The first-order chi connectivity index (χ1) is 6.99. The lowest BCUT2D eigenvalue weighted by Crippen LogP contribution is -2.16. The summed E-state index contributed by atoms with van der Waals surface area (Å²) < 4.78 is 29.6.